The standard InChI is InChI=1S/C32H44BrN3O4S/c1-6-9-17-34(15-7-2)31(40)28-32-18-23(33)27(41-32)25(26(32)30(39)36(28)24(20-37)21(4)5)29(38)35(16-8-3)19-22-13-11-10-12-14-22/h7-8,10-14,21,23-28,37H,2-3,6,9,15-20H2,1,4-5H3/t23?,24-,25+,26-,27+,28?,32?/m0/s1. The third-order valence-electron chi connectivity index (χ3n) is 8.88. The number of rotatable bonds is 14. The summed E-state index contributed by atoms with van der Waals surface area (Å²) in [4.78, 5) is 48.7. The van der Waals surface area contributed by atoms with Crippen molar-refractivity contribution in [1.82, 2.24) is 14.7 Å². The number of amides is 3. The number of benzene rings is 1. The van der Waals surface area contributed by atoms with Gasteiger partial charge in [0.25, 0.3) is 0 Å². The van der Waals surface area contributed by atoms with Crippen molar-refractivity contribution >= 4 is 45.4 Å². The molecule has 3 saturated heterocycles. The molecule has 0 saturated carbocycles. The van der Waals surface area contributed by atoms with Gasteiger partial charge in [-0.1, -0.05) is 85.6 Å². The molecule has 1 aromatic rings. The molecule has 0 aromatic heterocycles. The number of aliphatic hydroxyl groups excluding tert-OH is 1. The Morgan fingerprint density at radius 2 is 1.83 bits per heavy atom. The zero-order valence-corrected chi connectivity index (χ0v) is 26.9. The molecule has 9 heteroatoms. The van der Waals surface area contributed by atoms with Crippen molar-refractivity contribution in [3.05, 3.63) is 61.2 Å². The Morgan fingerprint density at radius 1 is 1.17 bits per heavy atom. The summed E-state index contributed by atoms with van der Waals surface area (Å²) in [6.45, 7) is 15.3. The molecule has 3 heterocycles. The lowest BCUT2D eigenvalue weighted by molar-refractivity contribution is -0.148. The Hall–Kier alpha value is -2.10. The van der Waals surface area contributed by atoms with Crippen LogP contribution in [0.25, 0.3) is 0 Å². The summed E-state index contributed by atoms with van der Waals surface area (Å²) in [5.74, 6) is -1.66. The van der Waals surface area contributed by atoms with Gasteiger partial charge in [0, 0.05) is 36.3 Å². The number of hydrogen-bond donors (Lipinski definition) is 1. The van der Waals surface area contributed by atoms with Crippen molar-refractivity contribution < 1.29 is 19.5 Å². The maximum atomic E-state index is 14.6. The number of nitrogens with zero attached hydrogens (tertiary/aromatic N) is 3. The zero-order chi connectivity index (χ0) is 29.9. The molecule has 41 heavy (non-hydrogen) atoms. The van der Waals surface area contributed by atoms with Gasteiger partial charge in [-0.05, 0) is 24.3 Å². The first-order valence-corrected chi connectivity index (χ1v) is 16.5. The minimum absolute atomic E-state index is 0.0156. The van der Waals surface area contributed by atoms with Gasteiger partial charge in [0.2, 0.25) is 17.7 Å². The summed E-state index contributed by atoms with van der Waals surface area (Å²) in [6, 6.07) is 8.54. The normalized spacial score (nSPS) is 29.0. The molecule has 4 rings (SSSR count). The van der Waals surface area contributed by atoms with E-state index in [-0.39, 0.29) is 40.3 Å². The van der Waals surface area contributed by atoms with Crippen LogP contribution in [0.4, 0.5) is 0 Å². The number of hydrogen-bond acceptors (Lipinski definition) is 5. The zero-order valence-electron chi connectivity index (χ0n) is 24.5. The molecule has 1 aromatic carbocycles. The first-order valence-electron chi connectivity index (χ1n) is 14.7. The Labute approximate surface area is 257 Å². The molecular weight excluding hydrogens is 602 g/mol. The molecule has 0 aliphatic carbocycles. The van der Waals surface area contributed by atoms with Crippen molar-refractivity contribution in [2.45, 2.75) is 73.5 Å². The fourth-order valence-corrected chi connectivity index (χ4v) is 10.6. The number of fused-ring (bicyclic) bond motifs is 1. The van der Waals surface area contributed by atoms with Crippen molar-refractivity contribution in [1.29, 1.82) is 0 Å². The second-order valence-corrected chi connectivity index (χ2v) is 14.5. The third-order valence-corrected chi connectivity index (χ3v) is 12.1. The summed E-state index contributed by atoms with van der Waals surface area (Å²) >= 11 is 5.51. The molecule has 3 fully saturated rings. The maximum Gasteiger partial charge on any atom is 0.247 e. The lowest BCUT2D eigenvalue weighted by atomic mass is 9.70. The second-order valence-electron chi connectivity index (χ2n) is 11.8. The van der Waals surface area contributed by atoms with Gasteiger partial charge in [-0.2, -0.15) is 0 Å². The first-order chi connectivity index (χ1) is 19.7. The van der Waals surface area contributed by atoms with Crippen LogP contribution in [0.15, 0.2) is 55.6 Å². The van der Waals surface area contributed by atoms with E-state index >= 15 is 0 Å². The topological polar surface area (TPSA) is 81.2 Å². The van der Waals surface area contributed by atoms with Crippen molar-refractivity contribution in [2.24, 2.45) is 17.8 Å². The van der Waals surface area contributed by atoms with Crippen LogP contribution < -0.4 is 0 Å². The Bertz CT molecular complexity index is 1130. The van der Waals surface area contributed by atoms with E-state index in [1.165, 1.54) is 0 Å². The predicted molar refractivity (Wildman–Crippen MR) is 169 cm³/mol. The molecular formula is C32H44BrN3O4S. The Balaban J connectivity index is 1.78. The number of carbonyl (C=O) groups is 3. The highest BCUT2D eigenvalue weighted by Gasteiger charge is 2.76. The van der Waals surface area contributed by atoms with E-state index in [4.69, 9.17) is 0 Å². The van der Waals surface area contributed by atoms with Crippen LogP contribution >= 0.6 is 27.7 Å². The number of alkyl halides is 1. The fourth-order valence-electron chi connectivity index (χ4n) is 6.98. The molecule has 3 aliphatic rings. The van der Waals surface area contributed by atoms with Gasteiger partial charge in [0.1, 0.15) is 6.04 Å². The summed E-state index contributed by atoms with van der Waals surface area (Å²) < 4.78 is -0.756. The lowest BCUT2D eigenvalue weighted by Crippen LogP contribution is -2.58. The number of aliphatic hydroxyl groups is 1. The van der Waals surface area contributed by atoms with E-state index in [9.17, 15) is 19.5 Å². The average Bonchev–Trinajstić information content (AvgIpc) is 3.54. The molecule has 1 N–H and O–H groups in total. The molecule has 3 amide bonds. The van der Waals surface area contributed by atoms with E-state index in [2.05, 4.69) is 36.0 Å². The number of likely N-dealkylation sites (tertiary alicyclic amines) is 1. The van der Waals surface area contributed by atoms with Gasteiger partial charge >= 0.3 is 0 Å². The van der Waals surface area contributed by atoms with Gasteiger partial charge in [0.15, 0.2) is 0 Å². The van der Waals surface area contributed by atoms with E-state index in [0.717, 1.165) is 18.4 Å². The monoisotopic (exact) mass is 645 g/mol. The summed E-state index contributed by atoms with van der Waals surface area (Å²) in [5.41, 5.74) is 1.01. The molecule has 7 nitrogen and oxygen atoms in total. The van der Waals surface area contributed by atoms with Crippen molar-refractivity contribution in [3.63, 3.8) is 0 Å². The highest BCUT2D eigenvalue weighted by atomic mass is 79.9. The van der Waals surface area contributed by atoms with E-state index in [1.54, 1.807) is 38.6 Å². The van der Waals surface area contributed by atoms with Crippen LogP contribution in [0.5, 0.6) is 0 Å². The van der Waals surface area contributed by atoms with Gasteiger partial charge in [0.05, 0.1) is 29.2 Å². The highest BCUT2D eigenvalue weighted by molar-refractivity contribution is 9.09. The molecule has 3 aliphatic heterocycles. The van der Waals surface area contributed by atoms with Crippen LogP contribution in [-0.4, -0.2) is 90.7 Å². The summed E-state index contributed by atoms with van der Waals surface area (Å²) in [5, 5.41) is 10.4. The van der Waals surface area contributed by atoms with Gasteiger partial charge in [-0.25, -0.2) is 0 Å². The van der Waals surface area contributed by atoms with Crippen LogP contribution in [0, 0.1) is 17.8 Å². The Kier molecular flexibility index (Phi) is 10.5. The number of halogens is 1. The van der Waals surface area contributed by atoms with E-state index in [1.807, 2.05) is 44.2 Å². The van der Waals surface area contributed by atoms with Crippen LogP contribution in [0.3, 0.4) is 0 Å². The number of thioether (sulfide) groups is 1. The molecule has 224 valence electrons. The summed E-state index contributed by atoms with van der Waals surface area (Å²) in [6.07, 6.45) is 5.84. The lowest BCUT2D eigenvalue weighted by Gasteiger charge is -2.41. The number of unbranched alkanes of at least 4 members (excludes halogenated alkanes) is 1. The van der Waals surface area contributed by atoms with Gasteiger partial charge in [-0.3, -0.25) is 14.4 Å². The van der Waals surface area contributed by atoms with Crippen LogP contribution in [-0.2, 0) is 20.9 Å². The minimum Gasteiger partial charge on any atom is -0.394 e. The molecule has 7 atom stereocenters. The minimum atomic E-state index is -0.758. The van der Waals surface area contributed by atoms with E-state index < -0.39 is 28.7 Å². The van der Waals surface area contributed by atoms with Gasteiger partial charge in [-0.15, -0.1) is 24.9 Å². The van der Waals surface area contributed by atoms with Crippen LogP contribution in [0.1, 0.15) is 45.6 Å². The quantitative estimate of drug-likeness (QED) is 0.238. The predicted octanol–water partition coefficient (Wildman–Crippen LogP) is 4.50. The summed E-state index contributed by atoms with van der Waals surface area (Å²) in [7, 11) is 0. The fraction of sp³-hybridized carbons (Fsp3) is 0.594. The number of carbonyl (C=O) groups excluding carboxylic acids is 3. The largest absolute Gasteiger partial charge is 0.394 e. The highest BCUT2D eigenvalue weighted by Crippen LogP contribution is 2.68. The third kappa shape index (κ3) is 5.78. The van der Waals surface area contributed by atoms with Gasteiger partial charge < -0.3 is 19.8 Å². The van der Waals surface area contributed by atoms with Crippen molar-refractivity contribution in [2.75, 3.05) is 26.2 Å². The van der Waals surface area contributed by atoms with E-state index in [0.29, 0.717) is 32.6 Å². The average molecular weight is 647 g/mol. The molecule has 1 spiro atoms. The Morgan fingerprint density at radius 3 is 2.41 bits per heavy atom. The molecule has 2 bridgehead atoms. The SMILES string of the molecule is C=CCN(CCCC)C(=O)C1N([C@@H](CO)C(C)C)C(=O)[C@@H]2[C@@H](C(=O)N(CC=C)Cc3ccccc3)[C@@H]3SC12CC3Br. The second kappa shape index (κ2) is 13.5. The molecule has 0 radical (unpaired) electrons. The maximum absolute atomic E-state index is 14.6. The molecule has 3 unspecified atom stereocenters. The van der Waals surface area contributed by atoms with Crippen molar-refractivity contribution in [3.8, 4) is 0 Å². The smallest absolute Gasteiger partial charge is 0.247 e. The van der Waals surface area contributed by atoms with Crippen LogP contribution in [0.2, 0.25) is 0 Å². The first kappa shape index (κ1) is 31.8.